The number of anilines is 1. The van der Waals surface area contributed by atoms with E-state index in [1.54, 1.807) is 0 Å². The van der Waals surface area contributed by atoms with Gasteiger partial charge in [0.15, 0.2) is 6.04 Å². The lowest BCUT2D eigenvalue weighted by Gasteiger charge is -2.28. The van der Waals surface area contributed by atoms with Crippen molar-refractivity contribution in [2.24, 2.45) is 0 Å². The van der Waals surface area contributed by atoms with Crippen molar-refractivity contribution in [2.45, 2.75) is 25.1 Å². The Morgan fingerprint density at radius 1 is 1.17 bits per heavy atom. The average Bonchev–Trinajstić information content (AvgIpc) is 2.85. The van der Waals surface area contributed by atoms with E-state index in [0.29, 0.717) is 5.02 Å². The molecule has 2 atom stereocenters. The van der Waals surface area contributed by atoms with Gasteiger partial charge in [-0.25, -0.2) is 9.48 Å². The molecule has 0 spiro atoms. The van der Waals surface area contributed by atoms with Crippen molar-refractivity contribution in [1.82, 2.24) is 0 Å². The number of para-hydroxylation sites is 1. The summed E-state index contributed by atoms with van der Waals surface area (Å²) in [6, 6.07) is 17.8. The van der Waals surface area contributed by atoms with Gasteiger partial charge in [0.25, 0.3) is 5.72 Å². The highest BCUT2D eigenvalue weighted by molar-refractivity contribution is 8.14. The maximum Gasteiger partial charge on any atom is 0.316 e. The van der Waals surface area contributed by atoms with E-state index < -0.39 is 5.72 Å². The van der Waals surface area contributed by atoms with Crippen LogP contribution in [-0.2, 0) is 5.72 Å². The predicted molar refractivity (Wildman–Crippen MR) is 101 cm³/mol. The Morgan fingerprint density at radius 2 is 1.88 bits per heavy atom. The molecule has 5 heteroatoms. The molecule has 2 aliphatic heterocycles. The minimum absolute atomic E-state index is 0.0957. The second kappa shape index (κ2) is 6.10. The summed E-state index contributed by atoms with van der Waals surface area (Å²) in [6.07, 6.45) is 1.07. The molecule has 0 aromatic heterocycles. The summed E-state index contributed by atoms with van der Waals surface area (Å²) in [4.78, 5) is 2.26. The quantitative estimate of drug-likeness (QED) is 0.824. The highest BCUT2D eigenvalue weighted by Crippen LogP contribution is 2.42. The third-order valence-corrected chi connectivity index (χ3v) is 6.30. The van der Waals surface area contributed by atoms with Gasteiger partial charge in [0.1, 0.15) is 5.69 Å². The summed E-state index contributed by atoms with van der Waals surface area (Å²) < 4.78 is 2.15. The van der Waals surface area contributed by atoms with Crippen LogP contribution >= 0.6 is 23.4 Å². The Labute approximate surface area is 151 Å². The van der Waals surface area contributed by atoms with Crippen LogP contribution in [0.15, 0.2) is 54.6 Å². The molecule has 0 bridgehead atoms. The molecule has 124 valence electrons. The molecule has 0 radical (unpaired) electrons. The summed E-state index contributed by atoms with van der Waals surface area (Å²) in [5.74, 6) is 1.08. The van der Waals surface area contributed by atoms with Crippen LogP contribution in [0.25, 0.3) is 0 Å². The SMILES string of the molecule is C[C@H]1N(c2ccccc2)C2=[N+](CCCS2)[C@@]1(O)c1ccc(Cl)cc1. The van der Waals surface area contributed by atoms with Crippen molar-refractivity contribution in [1.29, 1.82) is 0 Å². The lowest BCUT2D eigenvalue weighted by Crippen LogP contribution is -2.47. The average molecular weight is 360 g/mol. The van der Waals surface area contributed by atoms with Gasteiger partial charge >= 0.3 is 5.17 Å². The fourth-order valence-corrected chi connectivity index (χ4v) is 5.03. The molecule has 2 heterocycles. The van der Waals surface area contributed by atoms with E-state index in [1.807, 2.05) is 54.2 Å². The first-order chi connectivity index (χ1) is 11.6. The zero-order valence-corrected chi connectivity index (χ0v) is 15.1. The van der Waals surface area contributed by atoms with Gasteiger partial charge < -0.3 is 5.11 Å². The van der Waals surface area contributed by atoms with Crippen LogP contribution in [0, 0.1) is 0 Å². The Bertz CT molecular complexity index is 778. The van der Waals surface area contributed by atoms with Crippen LogP contribution < -0.4 is 4.90 Å². The number of hydrogen-bond acceptors (Lipinski definition) is 3. The first-order valence-corrected chi connectivity index (χ1v) is 9.59. The maximum absolute atomic E-state index is 11.8. The Hall–Kier alpha value is -1.49. The number of rotatable bonds is 2. The zero-order chi connectivity index (χ0) is 16.7. The van der Waals surface area contributed by atoms with Crippen LogP contribution in [0.5, 0.6) is 0 Å². The van der Waals surface area contributed by atoms with Crippen molar-refractivity contribution in [3.63, 3.8) is 0 Å². The Kier molecular flexibility index (Phi) is 4.07. The normalized spacial score (nSPS) is 26.6. The van der Waals surface area contributed by atoms with E-state index in [2.05, 4.69) is 28.5 Å². The van der Waals surface area contributed by atoms with Crippen LogP contribution in [0.2, 0.25) is 5.02 Å². The van der Waals surface area contributed by atoms with E-state index in [9.17, 15) is 5.11 Å². The number of hydrogen-bond donors (Lipinski definition) is 1. The second-order valence-electron chi connectivity index (χ2n) is 6.25. The molecule has 24 heavy (non-hydrogen) atoms. The summed E-state index contributed by atoms with van der Waals surface area (Å²) in [6.45, 7) is 2.95. The number of benzene rings is 2. The molecule has 0 amide bonds. The molecule has 2 aromatic carbocycles. The van der Waals surface area contributed by atoms with E-state index >= 15 is 0 Å². The van der Waals surface area contributed by atoms with Gasteiger partial charge in [-0.15, -0.1) is 0 Å². The number of aliphatic hydroxyl groups is 1. The molecule has 1 N–H and O–H groups in total. The maximum atomic E-state index is 11.8. The molecule has 0 saturated carbocycles. The fourth-order valence-electron chi connectivity index (χ4n) is 3.66. The molecule has 0 unspecified atom stereocenters. The molecular formula is C19H20ClN2OS+. The van der Waals surface area contributed by atoms with Crippen molar-refractivity contribution in [2.75, 3.05) is 17.2 Å². The third kappa shape index (κ3) is 2.36. The standard InChI is InChI=1S/C19H20ClN2OS/c1-14-19(23,15-8-10-16(20)11-9-15)21-12-5-13-24-18(21)22(14)17-6-3-2-4-7-17/h2-4,6-11,14,23H,5,12-13H2,1H3/q+1/t14-,19+/m1/s1. The molecule has 3 nitrogen and oxygen atoms in total. The first-order valence-electron chi connectivity index (χ1n) is 8.22. The van der Waals surface area contributed by atoms with E-state index in [0.717, 1.165) is 35.1 Å². The monoisotopic (exact) mass is 359 g/mol. The van der Waals surface area contributed by atoms with E-state index in [1.165, 1.54) is 0 Å². The van der Waals surface area contributed by atoms with Crippen LogP contribution in [0.1, 0.15) is 18.9 Å². The summed E-state index contributed by atoms with van der Waals surface area (Å²) >= 11 is 7.87. The Morgan fingerprint density at radius 3 is 2.58 bits per heavy atom. The summed E-state index contributed by atoms with van der Waals surface area (Å²) in [5.41, 5.74) is 0.950. The van der Waals surface area contributed by atoms with Crippen LogP contribution in [0.4, 0.5) is 5.69 Å². The van der Waals surface area contributed by atoms with Gasteiger partial charge in [0.2, 0.25) is 0 Å². The minimum atomic E-state index is -1.05. The Balaban J connectivity index is 1.86. The van der Waals surface area contributed by atoms with Gasteiger partial charge in [-0.3, -0.25) is 0 Å². The lowest BCUT2D eigenvalue weighted by molar-refractivity contribution is -0.662. The molecule has 2 aliphatic rings. The van der Waals surface area contributed by atoms with Crippen molar-refractivity contribution >= 4 is 34.2 Å². The molecule has 4 rings (SSSR count). The predicted octanol–water partition coefficient (Wildman–Crippen LogP) is 3.90. The van der Waals surface area contributed by atoms with Crippen LogP contribution in [0.3, 0.4) is 0 Å². The largest absolute Gasteiger partial charge is 0.346 e. The van der Waals surface area contributed by atoms with Gasteiger partial charge in [-0.05, 0) is 49.4 Å². The number of nitrogens with zero attached hydrogens (tertiary/aromatic N) is 2. The summed E-state index contributed by atoms with van der Waals surface area (Å²) in [5, 5.41) is 13.6. The zero-order valence-electron chi connectivity index (χ0n) is 13.5. The molecule has 0 saturated heterocycles. The second-order valence-corrected chi connectivity index (χ2v) is 7.75. The summed E-state index contributed by atoms with van der Waals surface area (Å²) in [7, 11) is 0. The fraction of sp³-hybridized carbons (Fsp3) is 0.316. The van der Waals surface area contributed by atoms with Crippen molar-refractivity contribution < 1.29 is 9.68 Å². The highest BCUT2D eigenvalue weighted by atomic mass is 35.5. The van der Waals surface area contributed by atoms with Gasteiger partial charge in [0.05, 0.1) is 6.54 Å². The molecular weight excluding hydrogens is 340 g/mol. The highest BCUT2D eigenvalue weighted by Gasteiger charge is 2.59. The first kappa shape index (κ1) is 16.0. The van der Waals surface area contributed by atoms with E-state index in [-0.39, 0.29) is 6.04 Å². The van der Waals surface area contributed by atoms with Crippen molar-refractivity contribution in [3.8, 4) is 0 Å². The number of thioether (sulfide) groups is 1. The van der Waals surface area contributed by atoms with Crippen molar-refractivity contribution in [3.05, 3.63) is 65.2 Å². The third-order valence-electron chi connectivity index (χ3n) is 4.88. The molecule has 0 aliphatic carbocycles. The van der Waals surface area contributed by atoms with E-state index in [4.69, 9.17) is 11.6 Å². The number of amidine groups is 1. The topological polar surface area (TPSA) is 26.5 Å². The molecule has 0 fully saturated rings. The van der Waals surface area contributed by atoms with Gasteiger partial charge in [-0.2, -0.15) is 0 Å². The lowest BCUT2D eigenvalue weighted by atomic mass is 9.95. The minimum Gasteiger partial charge on any atom is -0.346 e. The van der Waals surface area contributed by atoms with Gasteiger partial charge in [0, 0.05) is 16.3 Å². The smallest absolute Gasteiger partial charge is 0.316 e. The number of halogens is 1. The van der Waals surface area contributed by atoms with Crippen LogP contribution in [-0.4, -0.2) is 33.2 Å². The van der Waals surface area contributed by atoms with Gasteiger partial charge in [-0.1, -0.05) is 41.9 Å². The molecule has 2 aromatic rings.